The molecular weight excluding hydrogens is 261 g/mol. The van der Waals surface area contributed by atoms with Gasteiger partial charge in [0.15, 0.2) is 0 Å². The van der Waals surface area contributed by atoms with Crippen LogP contribution in [0.3, 0.4) is 0 Å². The highest BCUT2D eigenvalue weighted by atomic mass is 35.5. The summed E-state index contributed by atoms with van der Waals surface area (Å²) in [5, 5.41) is 2.08. The average Bonchev–Trinajstić information content (AvgIpc) is 2.00. The van der Waals surface area contributed by atoms with Gasteiger partial charge in [0.2, 0.25) is 0 Å². The van der Waals surface area contributed by atoms with Crippen molar-refractivity contribution < 1.29 is 19.4 Å². The van der Waals surface area contributed by atoms with Gasteiger partial charge in [-0.3, -0.25) is 0 Å². The lowest BCUT2D eigenvalue weighted by atomic mass is 10.3. The predicted molar refractivity (Wildman–Crippen MR) is 54.6 cm³/mol. The SMILES string of the molecule is CNc1ccccc1S(F)(F)(F)(F)F.Cl. The number of benzene rings is 1. The summed E-state index contributed by atoms with van der Waals surface area (Å²) in [5.41, 5.74) is -0.619. The van der Waals surface area contributed by atoms with Crippen LogP contribution in [-0.4, -0.2) is 7.05 Å². The van der Waals surface area contributed by atoms with E-state index in [2.05, 4.69) is 5.32 Å². The van der Waals surface area contributed by atoms with Crippen molar-refractivity contribution in [2.75, 3.05) is 12.4 Å². The van der Waals surface area contributed by atoms with Crippen LogP contribution >= 0.6 is 22.6 Å². The van der Waals surface area contributed by atoms with Gasteiger partial charge in [-0.2, -0.15) is 0 Å². The second-order valence-electron chi connectivity index (χ2n) is 2.72. The van der Waals surface area contributed by atoms with Gasteiger partial charge in [-0.25, -0.2) is 0 Å². The third-order valence-electron chi connectivity index (χ3n) is 1.57. The first-order chi connectivity index (χ1) is 6.04. The average molecular weight is 270 g/mol. The molecule has 1 rings (SSSR count). The van der Waals surface area contributed by atoms with Crippen molar-refractivity contribution in [3.8, 4) is 0 Å². The lowest BCUT2D eigenvalue weighted by Crippen LogP contribution is -2.08. The molecule has 1 aromatic carbocycles. The van der Waals surface area contributed by atoms with E-state index in [4.69, 9.17) is 0 Å². The third-order valence-corrected chi connectivity index (χ3v) is 2.76. The fourth-order valence-corrected chi connectivity index (χ4v) is 1.93. The van der Waals surface area contributed by atoms with Crippen LogP contribution < -0.4 is 5.32 Å². The maximum Gasteiger partial charge on any atom is 0.312 e. The van der Waals surface area contributed by atoms with Crippen molar-refractivity contribution in [3.63, 3.8) is 0 Å². The molecule has 0 saturated carbocycles. The van der Waals surface area contributed by atoms with Crippen LogP contribution in [0.5, 0.6) is 0 Å². The molecule has 90 valence electrons. The number of para-hydroxylation sites is 1. The van der Waals surface area contributed by atoms with Crippen molar-refractivity contribution in [3.05, 3.63) is 24.3 Å². The van der Waals surface area contributed by atoms with E-state index < -0.39 is 20.8 Å². The van der Waals surface area contributed by atoms with Crippen LogP contribution in [0.1, 0.15) is 0 Å². The smallest absolute Gasteiger partial charge is 0.312 e. The zero-order valence-electron chi connectivity index (χ0n) is 7.52. The Morgan fingerprint density at radius 3 is 1.80 bits per heavy atom. The Bertz CT molecular complexity index is 362. The van der Waals surface area contributed by atoms with Gasteiger partial charge >= 0.3 is 10.2 Å². The van der Waals surface area contributed by atoms with E-state index in [0.717, 1.165) is 19.2 Å². The van der Waals surface area contributed by atoms with Gasteiger partial charge in [0.1, 0.15) is 4.90 Å². The van der Waals surface area contributed by atoms with Crippen molar-refractivity contribution in [1.29, 1.82) is 0 Å². The molecule has 0 aliphatic rings. The molecule has 0 fully saturated rings. The molecule has 0 radical (unpaired) electrons. The lowest BCUT2D eigenvalue weighted by molar-refractivity contribution is 0.364. The maximum atomic E-state index is 12.4. The summed E-state index contributed by atoms with van der Waals surface area (Å²) >= 11 is 0. The van der Waals surface area contributed by atoms with Gasteiger partial charge in [-0.05, 0) is 12.1 Å². The summed E-state index contributed by atoms with van der Waals surface area (Å²) in [6.07, 6.45) is 0. The normalized spacial score (nSPS) is 15.9. The molecule has 0 aliphatic heterocycles. The molecule has 0 heterocycles. The van der Waals surface area contributed by atoms with Gasteiger partial charge in [-0.15, -0.1) is 12.4 Å². The van der Waals surface area contributed by atoms with Crippen LogP contribution in [0, 0.1) is 0 Å². The van der Waals surface area contributed by atoms with E-state index in [-0.39, 0.29) is 12.4 Å². The Morgan fingerprint density at radius 1 is 1.00 bits per heavy atom. The lowest BCUT2D eigenvalue weighted by Gasteiger charge is -2.41. The molecule has 0 unspecified atom stereocenters. The van der Waals surface area contributed by atoms with Crippen LogP contribution in [0.25, 0.3) is 0 Å². The van der Waals surface area contributed by atoms with Gasteiger partial charge in [-0.1, -0.05) is 31.6 Å². The molecule has 0 amide bonds. The van der Waals surface area contributed by atoms with E-state index in [0.29, 0.717) is 6.07 Å². The second-order valence-corrected chi connectivity index (χ2v) is 5.09. The van der Waals surface area contributed by atoms with Crippen LogP contribution in [0.2, 0.25) is 0 Å². The quantitative estimate of drug-likeness (QED) is 0.760. The minimum Gasteiger partial charge on any atom is -0.387 e. The van der Waals surface area contributed by atoms with E-state index in [1.54, 1.807) is 0 Å². The van der Waals surface area contributed by atoms with Crippen molar-refractivity contribution >= 4 is 28.3 Å². The summed E-state index contributed by atoms with van der Waals surface area (Å²) < 4.78 is 61.8. The largest absolute Gasteiger partial charge is 0.387 e. The molecular formula is C7H9ClF5NS. The molecule has 0 aliphatic carbocycles. The highest BCUT2D eigenvalue weighted by molar-refractivity contribution is 8.45. The number of rotatable bonds is 2. The standard InChI is InChI=1S/C7H8F5NS.ClH/c1-13-6-4-2-3-5-7(6)14(8,9,10,11)12;/h2-5,13H,1H3;1H. The summed E-state index contributed by atoms with van der Waals surface area (Å²) in [7, 11) is -8.41. The number of halogens is 6. The van der Waals surface area contributed by atoms with Crippen molar-refractivity contribution in [2.24, 2.45) is 0 Å². The number of anilines is 1. The first kappa shape index (κ1) is 14.3. The third kappa shape index (κ3) is 3.42. The first-order valence-electron chi connectivity index (χ1n) is 3.55. The highest BCUT2D eigenvalue weighted by Crippen LogP contribution is 3.02. The second kappa shape index (κ2) is 3.15. The number of hydrogen-bond acceptors (Lipinski definition) is 1. The molecule has 0 aromatic heterocycles. The fraction of sp³-hybridized carbons (Fsp3) is 0.143. The van der Waals surface area contributed by atoms with E-state index in [1.165, 1.54) is 6.07 Å². The van der Waals surface area contributed by atoms with Gasteiger partial charge in [0, 0.05) is 7.05 Å². The van der Waals surface area contributed by atoms with Gasteiger partial charge in [0.05, 0.1) is 5.69 Å². The molecule has 15 heavy (non-hydrogen) atoms. The van der Waals surface area contributed by atoms with Crippen LogP contribution in [0.4, 0.5) is 25.1 Å². The Balaban J connectivity index is 0.00000196. The molecule has 1 aromatic rings. The fourth-order valence-electron chi connectivity index (χ4n) is 1.01. The van der Waals surface area contributed by atoms with Gasteiger partial charge < -0.3 is 5.32 Å². The summed E-state index contributed by atoms with van der Waals surface area (Å²) in [4.78, 5) is -1.88. The maximum absolute atomic E-state index is 12.4. The summed E-state index contributed by atoms with van der Waals surface area (Å²) in [5.74, 6) is 0. The Hall–Kier alpha value is -0.690. The molecule has 1 nitrogen and oxygen atoms in total. The monoisotopic (exact) mass is 269 g/mol. The molecule has 1 N–H and O–H groups in total. The molecule has 0 bridgehead atoms. The van der Waals surface area contributed by atoms with Gasteiger partial charge in [0.25, 0.3) is 0 Å². The topological polar surface area (TPSA) is 12.0 Å². The Morgan fingerprint density at radius 2 is 1.47 bits per heavy atom. The van der Waals surface area contributed by atoms with E-state index in [1.807, 2.05) is 0 Å². The van der Waals surface area contributed by atoms with E-state index in [9.17, 15) is 19.4 Å². The summed E-state index contributed by atoms with van der Waals surface area (Å²) in [6.45, 7) is 0. The van der Waals surface area contributed by atoms with Crippen molar-refractivity contribution in [1.82, 2.24) is 0 Å². The molecule has 0 spiro atoms. The highest BCUT2D eigenvalue weighted by Gasteiger charge is 2.66. The minimum atomic E-state index is -9.56. The Kier molecular flexibility index (Phi) is 3.00. The zero-order valence-corrected chi connectivity index (χ0v) is 9.15. The first-order valence-corrected chi connectivity index (χ1v) is 5.50. The molecule has 0 saturated heterocycles. The minimum absolute atomic E-state index is 0. The molecule has 0 atom stereocenters. The Labute approximate surface area is 89.8 Å². The van der Waals surface area contributed by atoms with Crippen LogP contribution in [0.15, 0.2) is 29.2 Å². The predicted octanol–water partition coefficient (Wildman–Crippen LogP) is 4.81. The van der Waals surface area contributed by atoms with Crippen molar-refractivity contribution in [2.45, 2.75) is 4.90 Å². The van der Waals surface area contributed by atoms with E-state index >= 15 is 0 Å². The summed E-state index contributed by atoms with van der Waals surface area (Å²) in [6, 6.07) is 3.49. The van der Waals surface area contributed by atoms with Crippen LogP contribution in [-0.2, 0) is 0 Å². The molecule has 8 heteroatoms. The number of nitrogens with one attached hydrogen (secondary N) is 1. The number of hydrogen-bond donors (Lipinski definition) is 1. The zero-order chi connectivity index (χ0) is 11.1.